The summed E-state index contributed by atoms with van der Waals surface area (Å²) in [5, 5.41) is 7.13. The van der Waals surface area contributed by atoms with E-state index >= 15 is 0 Å². The lowest BCUT2D eigenvalue weighted by molar-refractivity contribution is 0.954. The average molecular weight is 670 g/mol. The molecule has 0 saturated carbocycles. The van der Waals surface area contributed by atoms with Crippen molar-refractivity contribution in [3.8, 4) is 34.4 Å². The van der Waals surface area contributed by atoms with Crippen molar-refractivity contribution in [3.63, 3.8) is 0 Å². The van der Waals surface area contributed by atoms with Gasteiger partial charge in [0.1, 0.15) is 0 Å². The molecule has 0 amide bonds. The van der Waals surface area contributed by atoms with E-state index in [-0.39, 0.29) is 0 Å². The summed E-state index contributed by atoms with van der Waals surface area (Å²) in [6.07, 6.45) is 0. The van der Waals surface area contributed by atoms with Gasteiger partial charge in [0.25, 0.3) is 0 Å². The van der Waals surface area contributed by atoms with E-state index in [4.69, 9.17) is 15.0 Å². The Morgan fingerprint density at radius 3 is 1.75 bits per heavy atom. The molecular weight excluding hydrogens is 643 g/mol. The molecule has 0 aliphatic heterocycles. The van der Waals surface area contributed by atoms with Gasteiger partial charge in [-0.2, -0.15) is 9.97 Å². The van der Waals surface area contributed by atoms with Gasteiger partial charge in [-0.3, -0.25) is 4.57 Å². The molecule has 5 nitrogen and oxygen atoms in total. The van der Waals surface area contributed by atoms with Crippen LogP contribution in [0.25, 0.3) is 98.2 Å². The molecule has 0 N–H and O–H groups in total. The monoisotopic (exact) mass is 669 g/mol. The number of hydrogen-bond donors (Lipinski definition) is 0. The van der Waals surface area contributed by atoms with Crippen molar-refractivity contribution in [2.75, 3.05) is 0 Å². The van der Waals surface area contributed by atoms with Gasteiger partial charge < -0.3 is 4.57 Å². The summed E-state index contributed by atoms with van der Waals surface area (Å²) in [7, 11) is 0. The van der Waals surface area contributed by atoms with E-state index in [1.165, 1.54) is 36.5 Å². The van der Waals surface area contributed by atoms with E-state index in [0.717, 1.165) is 44.1 Å². The molecule has 0 radical (unpaired) electrons. The third-order valence-electron chi connectivity index (χ3n) is 9.98. The van der Waals surface area contributed by atoms with E-state index < -0.39 is 0 Å². The Morgan fingerprint density at radius 2 is 0.980 bits per heavy atom. The summed E-state index contributed by atoms with van der Waals surface area (Å²) in [5.41, 5.74) is 7.45. The van der Waals surface area contributed by atoms with Crippen LogP contribution in [0.2, 0.25) is 0 Å². The molecule has 0 aliphatic carbocycles. The van der Waals surface area contributed by atoms with Crippen LogP contribution in [-0.4, -0.2) is 24.1 Å². The minimum atomic E-state index is 0.586. The lowest BCUT2D eigenvalue weighted by atomic mass is 10.1. The molecule has 6 heteroatoms. The molecule has 0 saturated heterocycles. The Morgan fingerprint density at radius 1 is 0.392 bits per heavy atom. The summed E-state index contributed by atoms with van der Waals surface area (Å²) in [6.45, 7) is 0. The Labute approximate surface area is 296 Å². The van der Waals surface area contributed by atoms with Gasteiger partial charge in [0, 0.05) is 58.5 Å². The molecular formula is C45H27N5S. The van der Waals surface area contributed by atoms with Crippen molar-refractivity contribution in [1.82, 2.24) is 24.1 Å². The second-order valence-corrected chi connectivity index (χ2v) is 13.9. The van der Waals surface area contributed by atoms with Crippen molar-refractivity contribution in [2.24, 2.45) is 0 Å². The molecule has 4 heterocycles. The highest BCUT2D eigenvalue weighted by Crippen LogP contribution is 2.41. The predicted molar refractivity (Wildman–Crippen MR) is 212 cm³/mol. The first-order valence-electron chi connectivity index (χ1n) is 17.0. The van der Waals surface area contributed by atoms with Crippen LogP contribution in [0, 0.1) is 0 Å². The normalized spacial score (nSPS) is 11.9. The molecule has 4 aromatic heterocycles. The molecule has 51 heavy (non-hydrogen) atoms. The number of thiophene rings is 1. The van der Waals surface area contributed by atoms with Crippen molar-refractivity contribution >= 4 is 75.1 Å². The third-order valence-corrected chi connectivity index (χ3v) is 11.1. The van der Waals surface area contributed by atoms with E-state index in [1.54, 1.807) is 11.3 Å². The Kier molecular flexibility index (Phi) is 6.05. The van der Waals surface area contributed by atoms with Crippen LogP contribution in [0.4, 0.5) is 0 Å². The first kappa shape index (κ1) is 28.2. The highest BCUT2D eigenvalue weighted by atomic mass is 32.1. The molecule has 11 rings (SSSR count). The molecule has 0 spiro atoms. The topological polar surface area (TPSA) is 48.5 Å². The quantitative estimate of drug-likeness (QED) is 0.187. The number of benzene rings is 7. The van der Waals surface area contributed by atoms with E-state index in [1.807, 2.05) is 18.2 Å². The zero-order valence-electron chi connectivity index (χ0n) is 27.2. The van der Waals surface area contributed by atoms with Gasteiger partial charge in [-0.15, -0.1) is 11.3 Å². The van der Waals surface area contributed by atoms with Gasteiger partial charge in [0.15, 0.2) is 11.6 Å². The highest BCUT2D eigenvalue weighted by Gasteiger charge is 2.22. The van der Waals surface area contributed by atoms with Gasteiger partial charge in [-0.1, -0.05) is 115 Å². The number of nitrogens with zero attached hydrogens (tertiary/aromatic N) is 5. The lowest BCUT2D eigenvalue weighted by Gasteiger charge is -2.12. The summed E-state index contributed by atoms with van der Waals surface area (Å²) >= 11 is 1.80. The molecule has 0 fully saturated rings. The fourth-order valence-corrected chi connectivity index (χ4v) is 8.90. The smallest absolute Gasteiger partial charge is 0.238 e. The number of aromatic nitrogens is 5. The Hall–Kier alpha value is -6.63. The number of para-hydroxylation sites is 3. The lowest BCUT2D eigenvalue weighted by Crippen LogP contribution is -2.06. The van der Waals surface area contributed by atoms with Gasteiger partial charge in [0.2, 0.25) is 5.95 Å². The average Bonchev–Trinajstić information content (AvgIpc) is 3.85. The summed E-state index contributed by atoms with van der Waals surface area (Å²) in [6, 6.07) is 57.8. The van der Waals surface area contributed by atoms with Crippen LogP contribution in [-0.2, 0) is 0 Å². The highest BCUT2D eigenvalue weighted by molar-refractivity contribution is 7.25. The SMILES string of the molecule is c1ccc(-c2nc(-c3cccc4sc5ccccc5c34)nc(-n3c4ccccc4c4cc5c6ccccc6n(-c6ccccc6)c5cc43)n2)cc1. The molecule has 7 aromatic carbocycles. The largest absolute Gasteiger partial charge is 0.309 e. The molecule has 0 atom stereocenters. The number of hydrogen-bond acceptors (Lipinski definition) is 4. The third kappa shape index (κ3) is 4.24. The van der Waals surface area contributed by atoms with Crippen LogP contribution >= 0.6 is 11.3 Å². The maximum atomic E-state index is 5.35. The van der Waals surface area contributed by atoms with Gasteiger partial charge >= 0.3 is 0 Å². The van der Waals surface area contributed by atoms with Gasteiger partial charge in [-0.05, 0) is 48.5 Å². The fourth-order valence-electron chi connectivity index (χ4n) is 7.76. The Bertz CT molecular complexity index is 3140. The van der Waals surface area contributed by atoms with Crippen LogP contribution in [0.3, 0.4) is 0 Å². The second-order valence-electron chi connectivity index (χ2n) is 12.9. The van der Waals surface area contributed by atoms with Crippen molar-refractivity contribution in [1.29, 1.82) is 0 Å². The van der Waals surface area contributed by atoms with Crippen molar-refractivity contribution < 1.29 is 0 Å². The molecule has 0 unspecified atom stereocenters. The Balaban J connectivity index is 1.26. The van der Waals surface area contributed by atoms with Crippen LogP contribution < -0.4 is 0 Å². The van der Waals surface area contributed by atoms with Gasteiger partial charge in [0.05, 0.1) is 22.1 Å². The predicted octanol–water partition coefficient (Wildman–Crippen LogP) is 11.8. The molecule has 0 aliphatic rings. The van der Waals surface area contributed by atoms with Crippen LogP contribution in [0.1, 0.15) is 0 Å². The summed E-state index contributed by atoms with van der Waals surface area (Å²) in [4.78, 5) is 15.8. The second kappa shape index (κ2) is 10.9. The van der Waals surface area contributed by atoms with Crippen LogP contribution in [0.5, 0.6) is 0 Å². The molecule has 11 aromatic rings. The maximum Gasteiger partial charge on any atom is 0.238 e. The first-order chi connectivity index (χ1) is 25.3. The zero-order valence-corrected chi connectivity index (χ0v) is 28.0. The van der Waals surface area contributed by atoms with Gasteiger partial charge in [-0.25, -0.2) is 4.98 Å². The first-order valence-corrected chi connectivity index (χ1v) is 17.9. The summed E-state index contributed by atoms with van der Waals surface area (Å²) in [5.74, 6) is 1.87. The number of fused-ring (bicyclic) bond motifs is 9. The fraction of sp³-hybridized carbons (Fsp3) is 0. The molecule has 238 valence electrons. The number of rotatable bonds is 4. The van der Waals surface area contributed by atoms with E-state index in [9.17, 15) is 0 Å². The summed E-state index contributed by atoms with van der Waals surface area (Å²) < 4.78 is 7.05. The van der Waals surface area contributed by atoms with E-state index in [2.05, 4.69) is 155 Å². The minimum absolute atomic E-state index is 0.586. The van der Waals surface area contributed by atoms with E-state index in [0.29, 0.717) is 17.6 Å². The minimum Gasteiger partial charge on any atom is -0.309 e. The maximum absolute atomic E-state index is 5.35. The molecule has 0 bridgehead atoms. The zero-order chi connectivity index (χ0) is 33.5. The standard InChI is InChI=1S/C45H27N5S/c1-3-14-28(15-4-1)43-46-44(33-21-13-25-41-42(33)32-20-9-12-24-40(32)51-41)48-45(47-43)50-37-23-11-8-19-31(37)35-26-34-30-18-7-10-22-36(30)49(38(34)27-39(35)50)29-16-5-2-6-17-29/h1-27H. The van der Waals surface area contributed by atoms with Crippen molar-refractivity contribution in [3.05, 3.63) is 164 Å². The van der Waals surface area contributed by atoms with Crippen LogP contribution in [0.15, 0.2) is 164 Å². The van der Waals surface area contributed by atoms with Crippen molar-refractivity contribution in [2.45, 2.75) is 0 Å².